The van der Waals surface area contributed by atoms with Crippen molar-refractivity contribution in [2.75, 3.05) is 13.2 Å². The highest BCUT2D eigenvalue weighted by atomic mass is 16.7. The van der Waals surface area contributed by atoms with Gasteiger partial charge >= 0.3 is 0 Å². The van der Waals surface area contributed by atoms with Crippen LogP contribution in [0.25, 0.3) is 0 Å². The van der Waals surface area contributed by atoms with Crippen LogP contribution in [0.15, 0.2) is 11.8 Å². The molecule has 2 rings (SSSR count). The molecule has 1 saturated carbocycles. The van der Waals surface area contributed by atoms with Gasteiger partial charge in [0, 0.05) is 12.8 Å². The van der Waals surface area contributed by atoms with Gasteiger partial charge in [-0.1, -0.05) is 0 Å². The highest BCUT2D eigenvalue weighted by Gasteiger charge is 2.38. The van der Waals surface area contributed by atoms with Crippen molar-refractivity contribution in [2.24, 2.45) is 0 Å². The van der Waals surface area contributed by atoms with E-state index in [9.17, 15) is 0 Å². The molecule has 0 aromatic carbocycles. The molecule has 1 aliphatic heterocycles. The molecular weight excluding hydrogens is 156 g/mol. The molecule has 0 radical (unpaired) electrons. The Morgan fingerprint density at radius 3 is 2.25 bits per heavy atom. The minimum atomic E-state index is -0.299. The molecule has 3 nitrogen and oxygen atoms in total. The molecule has 1 saturated heterocycles. The molecule has 0 atom stereocenters. The normalized spacial score (nSPS) is 27.8. The van der Waals surface area contributed by atoms with Crippen molar-refractivity contribution in [3.8, 4) is 0 Å². The van der Waals surface area contributed by atoms with Gasteiger partial charge in [-0.3, -0.25) is 0 Å². The lowest BCUT2D eigenvalue weighted by Crippen LogP contribution is -2.33. The van der Waals surface area contributed by atoms with Gasteiger partial charge in [0.25, 0.3) is 0 Å². The zero-order valence-corrected chi connectivity index (χ0v) is 7.08. The van der Waals surface area contributed by atoms with Gasteiger partial charge in [-0.15, -0.1) is 0 Å². The molecular formula is C9H14O3. The summed E-state index contributed by atoms with van der Waals surface area (Å²) in [6.07, 6.45) is 4.80. The van der Waals surface area contributed by atoms with Crippen LogP contribution in [0.4, 0.5) is 0 Å². The number of aliphatic hydroxyl groups is 1. The number of hydrogen-bond donors (Lipinski definition) is 1. The first kappa shape index (κ1) is 8.08. The van der Waals surface area contributed by atoms with E-state index in [1.165, 1.54) is 6.26 Å². The number of rotatable bonds is 0. The topological polar surface area (TPSA) is 38.7 Å². The molecule has 0 amide bonds. The third kappa shape index (κ3) is 1.34. The summed E-state index contributed by atoms with van der Waals surface area (Å²) in [4.78, 5) is 0. The fraction of sp³-hybridized carbons (Fsp3) is 0.778. The van der Waals surface area contributed by atoms with Crippen molar-refractivity contribution >= 4 is 0 Å². The van der Waals surface area contributed by atoms with Gasteiger partial charge in [0.1, 0.15) is 0 Å². The van der Waals surface area contributed by atoms with Gasteiger partial charge in [-0.05, 0) is 18.4 Å². The minimum Gasteiger partial charge on any atom is -0.516 e. The first-order valence-corrected chi connectivity index (χ1v) is 4.45. The summed E-state index contributed by atoms with van der Waals surface area (Å²) in [5.74, 6) is -0.299. The van der Waals surface area contributed by atoms with E-state index in [-0.39, 0.29) is 5.79 Å². The molecule has 0 aromatic rings. The average Bonchev–Trinajstić information content (AvgIpc) is 2.55. The predicted octanol–water partition coefficient (Wildman–Crippen LogP) is 1.75. The first-order valence-electron chi connectivity index (χ1n) is 4.45. The second-order valence-corrected chi connectivity index (χ2v) is 3.39. The van der Waals surface area contributed by atoms with Crippen molar-refractivity contribution < 1.29 is 14.6 Å². The van der Waals surface area contributed by atoms with Crippen LogP contribution in [-0.4, -0.2) is 24.1 Å². The Morgan fingerprint density at radius 2 is 1.75 bits per heavy atom. The standard InChI is InChI=1S/C9H14O3/c10-7-8-1-3-9(4-2-8)11-5-6-12-9/h7,10H,1-6H2. The highest BCUT2D eigenvalue weighted by molar-refractivity contribution is 5.04. The Balaban J connectivity index is 1.97. The van der Waals surface area contributed by atoms with Crippen molar-refractivity contribution in [3.63, 3.8) is 0 Å². The maximum absolute atomic E-state index is 8.78. The predicted molar refractivity (Wildman–Crippen MR) is 43.8 cm³/mol. The van der Waals surface area contributed by atoms with Crippen molar-refractivity contribution in [2.45, 2.75) is 31.5 Å². The van der Waals surface area contributed by atoms with E-state index in [4.69, 9.17) is 14.6 Å². The van der Waals surface area contributed by atoms with Gasteiger partial charge in [-0.2, -0.15) is 0 Å². The summed E-state index contributed by atoms with van der Waals surface area (Å²) in [6, 6.07) is 0. The molecule has 3 heteroatoms. The fourth-order valence-corrected chi connectivity index (χ4v) is 1.87. The molecule has 1 N–H and O–H groups in total. The maximum atomic E-state index is 8.78. The van der Waals surface area contributed by atoms with E-state index in [1.54, 1.807) is 0 Å². The number of ether oxygens (including phenoxy) is 2. The van der Waals surface area contributed by atoms with Crippen LogP contribution in [0.1, 0.15) is 25.7 Å². The minimum absolute atomic E-state index is 0.299. The van der Waals surface area contributed by atoms with Gasteiger partial charge in [0.15, 0.2) is 5.79 Å². The highest BCUT2D eigenvalue weighted by Crippen LogP contribution is 2.37. The lowest BCUT2D eigenvalue weighted by atomic mass is 9.90. The molecule has 1 heterocycles. The smallest absolute Gasteiger partial charge is 0.169 e. The van der Waals surface area contributed by atoms with Crippen LogP contribution < -0.4 is 0 Å². The Morgan fingerprint density at radius 1 is 1.17 bits per heavy atom. The third-order valence-electron chi connectivity index (χ3n) is 2.65. The van der Waals surface area contributed by atoms with Crippen LogP contribution >= 0.6 is 0 Å². The van der Waals surface area contributed by atoms with Crippen LogP contribution in [-0.2, 0) is 9.47 Å². The quantitative estimate of drug-likeness (QED) is 0.563. The van der Waals surface area contributed by atoms with Crippen LogP contribution in [0, 0.1) is 0 Å². The molecule has 68 valence electrons. The number of aliphatic hydroxyl groups excluding tert-OH is 1. The molecule has 12 heavy (non-hydrogen) atoms. The summed E-state index contributed by atoms with van der Waals surface area (Å²) in [5, 5.41) is 8.78. The lowest BCUT2D eigenvalue weighted by Gasteiger charge is -2.31. The summed E-state index contributed by atoms with van der Waals surface area (Å²) >= 11 is 0. The average molecular weight is 170 g/mol. The second kappa shape index (κ2) is 3.07. The zero-order chi connectivity index (χ0) is 8.44. The molecule has 0 bridgehead atoms. The van der Waals surface area contributed by atoms with E-state index < -0.39 is 0 Å². The van der Waals surface area contributed by atoms with Crippen molar-refractivity contribution in [1.29, 1.82) is 0 Å². The molecule has 0 unspecified atom stereocenters. The molecule has 1 aliphatic carbocycles. The Hall–Kier alpha value is -0.540. The first-order chi connectivity index (χ1) is 5.85. The van der Waals surface area contributed by atoms with Gasteiger partial charge in [-0.25, -0.2) is 0 Å². The second-order valence-electron chi connectivity index (χ2n) is 3.39. The van der Waals surface area contributed by atoms with Crippen LogP contribution in [0.2, 0.25) is 0 Å². The maximum Gasteiger partial charge on any atom is 0.169 e. The SMILES string of the molecule is OC=C1CCC2(CC1)OCCO2. The summed E-state index contributed by atoms with van der Waals surface area (Å²) < 4.78 is 11.1. The van der Waals surface area contributed by atoms with E-state index >= 15 is 0 Å². The van der Waals surface area contributed by atoms with E-state index in [1.807, 2.05) is 0 Å². The molecule has 2 aliphatic rings. The van der Waals surface area contributed by atoms with Gasteiger partial charge in [0.2, 0.25) is 0 Å². The Kier molecular flexibility index (Phi) is 2.07. The van der Waals surface area contributed by atoms with E-state index in [0.29, 0.717) is 0 Å². The van der Waals surface area contributed by atoms with E-state index in [0.717, 1.165) is 44.5 Å². The molecule has 0 aromatic heterocycles. The van der Waals surface area contributed by atoms with Gasteiger partial charge < -0.3 is 14.6 Å². The van der Waals surface area contributed by atoms with E-state index in [2.05, 4.69) is 0 Å². The lowest BCUT2D eigenvalue weighted by molar-refractivity contribution is -0.171. The monoisotopic (exact) mass is 170 g/mol. The summed E-state index contributed by atoms with van der Waals surface area (Å²) in [6.45, 7) is 1.44. The number of allylic oxidation sites excluding steroid dienone is 1. The summed E-state index contributed by atoms with van der Waals surface area (Å²) in [7, 11) is 0. The van der Waals surface area contributed by atoms with Crippen molar-refractivity contribution in [1.82, 2.24) is 0 Å². The fourth-order valence-electron chi connectivity index (χ4n) is 1.87. The molecule has 2 fully saturated rings. The van der Waals surface area contributed by atoms with Crippen molar-refractivity contribution in [3.05, 3.63) is 11.8 Å². The number of hydrogen-bond acceptors (Lipinski definition) is 3. The molecule has 1 spiro atoms. The summed E-state index contributed by atoms with van der Waals surface area (Å²) in [5.41, 5.74) is 1.11. The van der Waals surface area contributed by atoms with Crippen LogP contribution in [0.5, 0.6) is 0 Å². The third-order valence-corrected chi connectivity index (χ3v) is 2.65. The Bertz CT molecular complexity index is 180. The Labute approximate surface area is 72.0 Å². The zero-order valence-electron chi connectivity index (χ0n) is 7.08. The van der Waals surface area contributed by atoms with Gasteiger partial charge in [0.05, 0.1) is 19.5 Å². The largest absolute Gasteiger partial charge is 0.516 e. The van der Waals surface area contributed by atoms with Crippen LogP contribution in [0.3, 0.4) is 0 Å².